The Kier molecular flexibility index (Phi) is 6.67. The van der Waals surface area contributed by atoms with Crippen LogP contribution in [-0.4, -0.2) is 59.3 Å². The van der Waals surface area contributed by atoms with Crippen LogP contribution in [0.25, 0.3) is 33.3 Å². The molecule has 6 rings (SSSR count). The molecule has 40 heavy (non-hydrogen) atoms. The van der Waals surface area contributed by atoms with Crippen LogP contribution in [0.3, 0.4) is 0 Å². The van der Waals surface area contributed by atoms with Gasteiger partial charge >= 0.3 is 0 Å². The maximum atomic E-state index is 14.3. The Morgan fingerprint density at radius 2 is 1.73 bits per heavy atom. The average molecular weight is 560 g/mol. The molecule has 1 fully saturated rings. The monoisotopic (exact) mass is 559 g/mol. The smallest absolute Gasteiger partial charge is 0.269 e. The lowest BCUT2D eigenvalue weighted by Crippen LogP contribution is -2.31. The molecule has 0 saturated carbocycles. The van der Waals surface area contributed by atoms with Crippen LogP contribution >= 0.6 is 0 Å². The largest absolute Gasteiger partial charge is 0.479 e. The van der Waals surface area contributed by atoms with Crippen LogP contribution in [0.5, 0.6) is 5.88 Å². The maximum absolute atomic E-state index is 14.3. The molecule has 1 aliphatic rings. The van der Waals surface area contributed by atoms with Crippen LogP contribution in [0, 0.1) is 12.7 Å². The van der Waals surface area contributed by atoms with Crippen LogP contribution in [-0.2, 0) is 10.0 Å². The highest BCUT2D eigenvalue weighted by molar-refractivity contribution is 7.90. The van der Waals surface area contributed by atoms with Crippen LogP contribution in [0.2, 0.25) is 0 Å². The van der Waals surface area contributed by atoms with Gasteiger partial charge < -0.3 is 9.64 Å². The van der Waals surface area contributed by atoms with Gasteiger partial charge in [-0.05, 0) is 75.8 Å². The lowest BCUT2D eigenvalue weighted by molar-refractivity contribution is 0.210. The number of aromatic nitrogens is 4. The number of benzene rings is 2. The van der Waals surface area contributed by atoms with Gasteiger partial charge in [-0.15, -0.1) is 5.10 Å². The van der Waals surface area contributed by atoms with Gasteiger partial charge in [0.25, 0.3) is 10.0 Å². The Morgan fingerprint density at radius 1 is 0.975 bits per heavy atom. The second-order valence-electron chi connectivity index (χ2n) is 10.3. The number of nitrogens with zero attached hydrogens (tertiary/aromatic N) is 5. The first-order chi connectivity index (χ1) is 19.2. The van der Waals surface area contributed by atoms with E-state index in [1.807, 2.05) is 23.9 Å². The van der Waals surface area contributed by atoms with Crippen molar-refractivity contribution >= 4 is 21.1 Å². The third kappa shape index (κ3) is 4.67. The number of hydrogen-bond donors (Lipinski definition) is 0. The second-order valence-corrected chi connectivity index (χ2v) is 12.1. The number of likely N-dealkylation sites (tertiary alicyclic amines) is 1. The molecule has 0 radical (unpaired) electrons. The highest BCUT2D eigenvalue weighted by atomic mass is 32.2. The summed E-state index contributed by atoms with van der Waals surface area (Å²) in [6.45, 7) is 3.89. The average Bonchev–Trinajstić information content (AvgIpc) is 3.56. The first kappa shape index (κ1) is 26.2. The summed E-state index contributed by atoms with van der Waals surface area (Å²) in [5.41, 5.74) is 3.80. The third-order valence-electron chi connectivity index (χ3n) is 7.59. The molecule has 0 unspecified atom stereocenters. The predicted molar refractivity (Wildman–Crippen MR) is 152 cm³/mol. The van der Waals surface area contributed by atoms with Gasteiger partial charge in [0.05, 0.1) is 23.6 Å². The summed E-state index contributed by atoms with van der Waals surface area (Å²) >= 11 is 0. The molecule has 5 aromatic rings. The highest BCUT2D eigenvalue weighted by Crippen LogP contribution is 2.37. The molecule has 0 aliphatic carbocycles. The Morgan fingerprint density at radius 3 is 2.42 bits per heavy atom. The van der Waals surface area contributed by atoms with Crippen LogP contribution in [0.4, 0.5) is 4.39 Å². The molecule has 206 valence electrons. The fourth-order valence-corrected chi connectivity index (χ4v) is 6.61. The summed E-state index contributed by atoms with van der Waals surface area (Å²) in [6.07, 6.45) is 7.10. The number of fused-ring (bicyclic) bond motifs is 1. The summed E-state index contributed by atoms with van der Waals surface area (Å²) in [6, 6.07) is 14.9. The van der Waals surface area contributed by atoms with Crippen molar-refractivity contribution in [2.45, 2.75) is 30.7 Å². The molecule has 2 aromatic carbocycles. The number of rotatable bonds is 6. The number of hydrogen-bond acceptors (Lipinski definition) is 6. The lowest BCUT2D eigenvalue weighted by Gasteiger charge is -2.28. The number of pyridine rings is 1. The number of aryl methyl sites for hydroxylation is 1. The summed E-state index contributed by atoms with van der Waals surface area (Å²) in [4.78, 5) is 7.08. The van der Waals surface area contributed by atoms with E-state index < -0.39 is 15.8 Å². The van der Waals surface area contributed by atoms with Crippen molar-refractivity contribution in [1.29, 1.82) is 0 Å². The van der Waals surface area contributed by atoms with Crippen LogP contribution < -0.4 is 4.74 Å². The van der Waals surface area contributed by atoms with Crippen molar-refractivity contribution < 1.29 is 17.5 Å². The molecular weight excluding hydrogens is 529 g/mol. The van der Waals surface area contributed by atoms with Gasteiger partial charge in [-0.1, -0.05) is 29.8 Å². The molecule has 4 heterocycles. The molecule has 0 N–H and O–H groups in total. The Labute approximate surface area is 232 Å². The molecule has 0 amide bonds. The molecule has 3 aromatic heterocycles. The van der Waals surface area contributed by atoms with Crippen molar-refractivity contribution in [2.75, 3.05) is 27.2 Å². The van der Waals surface area contributed by atoms with E-state index >= 15 is 0 Å². The van der Waals surface area contributed by atoms with Crippen LogP contribution in [0.15, 0.2) is 78.1 Å². The Balaban J connectivity index is 1.51. The van der Waals surface area contributed by atoms with Gasteiger partial charge in [-0.2, -0.15) is 0 Å². The normalized spacial score (nSPS) is 15.1. The van der Waals surface area contributed by atoms with E-state index in [9.17, 15) is 12.8 Å². The number of methoxy groups -OCH3 is 1. The minimum Gasteiger partial charge on any atom is -0.479 e. The number of halogens is 1. The third-order valence-corrected chi connectivity index (χ3v) is 9.25. The van der Waals surface area contributed by atoms with Gasteiger partial charge in [0.15, 0.2) is 5.65 Å². The quantitative estimate of drug-likeness (QED) is 0.272. The zero-order chi connectivity index (χ0) is 28.0. The van der Waals surface area contributed by atoms with Gasteiger partial charge in [0.2, 0.25) is 5.88 Å². The lowest BCUT2D eigenvalue weighted by atomic mass is 10.0. The van der Waals surface area contributed by atoms with E-state index in [1.54, 1.807) is 49.7 Å². The Hall–Kier alpha value is -4.02. The fourth-order valence-electron chi connectivity index (χ4n) is 5.29. The van der Waals surface area contributed by atoms with Gasteiger partial charge in [0, 0.05) is 35.1 Å². The Bertz CT molecular complexity index is 1800. The summed E-state index contributed by atoms with van der Waals surface area (Å²) in [5, 5.41) is 5.29. The van der Waals surface area contributed by atoms with Crippen LogP contribution in [0.1, 0.15) is 24.4 Å². The number of piperidine rings is 1. The van der Waals surface area contributed by atoms with E-state index in [2.05, 4.69) is 16.9 Å². The van der Waals surface area contributed by atoms with Crippen molar-refractivity contribution in [3.63, 3.8) is 0 Å². The zero-order valence-corrected chi connectivity index (χ0v) is 23.4. The van der Waals surface area contributed by atoms with E-state index in [0.29, 0.717) is 22.4 Å². The molecule has 0 atom stereocenters. The highest BCUT2D eigenvalue weighted by Gasteiger charge is 2.25. The predicted octanol–water partition coefficient (Wildman–Crippen LogP) is 5.53. The standard InChI is InChI=1S/C30H30FN5O3S/c1-20-7-9-25(10-8-20)40(37,38)36-19-27(21-5-4-6-23(31)15-21)26-16-22(17-32-29(26)36)28-18-35(33-30(28)39-3)24-11-13-34(2)14-12-24/h4-10,15-19,24H,11-14H2,1-3H3. The first-order valence-corrected chi connectivity index (χ1v) is 14.6. The SMILES string of the molecule is COc1nn(C2CCN(C)CC2)cc1-c1cnc2c(c1)c(-c1cccc(F)c1)cn2S(=O)(=O)c1ccc(C)cc1. The molecule has 1 aliphatic heterocycles. The van der Waals surface area contributed by atoms with Crippen molar-refractivity contribution in [3.05, 3.63) is 84.6 Å². The molecule has 8 nitrogen and oxygen atoms in total. The minimum atomic E-state index is -3.97. The van der Waals surface area contributed by atoms with Crippen molar-refractivity contribution in [3.8, 4) is 28.1 Å². The fraction of sp³-hybridized carbons (Fsp3) is 0.267. The van der Waals surface area contributed by atoms with E-state index in [-0.39, 0.29) is 16.6 Å². The van der Waals surface area contributed by atoms with Gasteiger partial charge in [-0.3, -0.25) is 4.68 Å². The maximum Gasteiger partial charge on any atom is 0.269 e. The van der Waals surface area contributed by atoms with E-state index in [4.69, 9.17) is 9.84 Å². The summed E-state index contributed by atoms with van der Waals surface area (Å²) in [7, 11) is -0.268. The van der Waals surface area contributed by atoms with E-state index in [1.165, 1.54) is 22.3 Å². The second kappa shape index (κ2) is 10.2. The van der Waals surface area contributed by atoms with Gasteiger partial charge in [-0.25, -0.2) is 21.8 Å². The first-order valence-electron chi connectivity index (χ1n) is 13.2. The zero-order valence-electron chi connectivity index (χ0n) is 22.6. The molecule has 0 bridgehead atoms. The summed E-state index contributed by atoms with van der Waals surface area (Å²) < 4.78 is 50.5. The van der Waals surface area contributed by atoms with E-state index in [0.717, 1.165) is 42.6 Å². The van der Waals surface area contributed by atoms with Gasteiger partial charge in [0.1, 0.15) is 5.82 Å². The number of ether oxygens (including phenoxy) is 1. The summed E-state index contributed by atoms with van der Waals surface area (Å²) in [5.74, 6) is 0.0593. The molecule has 10 heteroatoms. The van der Waals surface area contributed by atoms with Crippen molar-refractivity contribution in [1.82, 2.24) is 23.6 Å². The molecular formula is C30H30FN5O3S. The minimum absolute atomic E-state index is 0.146. The molecule has 1 saturated heterocycles. The molecule has 0 spiro atoms. The van der Waals surface area contributed by atoms with Crippen molar-refractivity contribution in [2.24, 2.45) is 0 Å². The topological polar surface area (TPSA) is 82.2 Å².